The van der Waals surface area contributed by atoms with Crippen LogP contribution >= 0.6 is 11.8 Å². The van der Waals surface area contributed by atoms with E-state index < -0.39 is 6.10 Å². The fourth-order valence-electron chi connectivity index (χ4n) is 2.55. The topological polar surface area (TPSA) is 97.1 Å². The van der Waals surface area contributed by atoms with Gasteiger partial charge in [-0.3, -0.25) is 4.57 Å². The summed E-state index contributed by atoms with van der Waals surface area (Å²) < 4.78 is 13.1. The highest BCUT2D eigenvalue weighted by atomic mass is 32.2. The number of ether oxygens (including phenoxy) is 1. The van der Waals surface area contributed by atoms with E-state index in [1.807, 2.05) is 16.7 Å². The maximum Gasteiger partial charge on any atom is 0.200 e. The van der Waals surface area contributed by atoms with E-state index in [1.54, 1.807) is 30.5 Å². The Morgan fingerprint density at radius 3 is 2.68 bits per heavy atom. The molecule has 3 rings (SSSR count). The zero-order chi connectivity index (χ0) is 19.9. The second-order valence-corrected chi connectivity index (χ2v) is 7.69. The zero-order valence-electron chi connectivity index (χ0n) is 15.8. The second kappa shape index (κ2) is 9.44. The Kier molecular flexibility index (Phi) is 6.74. The minimum Gasteiger partial charge on any atom is -0.491 e. The van der Waals surface area contributed by atoms with Crippen molar-refractivity contribution in [2.24, 2.45) is 5.92 Å². The minimum absolute atomic E-state index is 0.155. The Labute approximate surface area is 168 Å². The predicted molar refractivity (Wildman–Crippen MR) is 106 cm³/mol. The molecular weight excluding hydrogens is 376 g/mol. The van der Waals surface area contributed by atoms with E-state index in [1.165, 1.54) is 11.8 Å². The van der Waals surface area contributed by atoms with Crippen molar-refractivity contribution in [2.75, 3.05) is 12.4 Å². The number of aliphatic hydroxyl groups is 1. The lowest BCUT2D eigenvalue weighted by molar-refractivity contribution is 0.126. The Hall–Kier alpha value is -2.76. The van der Waals surface area contributed by atoms with Gasteiger partial charge in [0.15, 0.2) is 16.7 Å². The molecule has 1 N–H and O–H groups in total. The molecule has 0 fully saturated rings. The van der Waals surface area contributed by atoms with Gasteiger partial charge in [0.05, 0.1) is 24.0 Å². The molecular formula is C20H22N4O3S. The predicted octanol–water partition coefficient (Wildman–Crippen LogP) is 3.60. The second-order valence-electron chi connectivity index (χ2n) is 6.70. The third-order valence-corrected chi connectivity index (χ3v) is 4.95. The number of furan rings is 1. The molecule has 0 aliphatic carbocycles. The van der Waals surface area contributed by atoms with Crippen molar-refractivity contribution >= 4 is 11.8 Å². The van der Waals surface area contributed by atoms with E-state index in [-0.39, 0.29) is 6.61 Å². The molecule has 2 heterocycles. The van der Waals surface area contributed by atoms with Gasteiger partial charge < -0.3 is 14.3 Å². The first kappa shape index (κ1) is 20.0. The van der Waals surface area contributed by atoms with E-state index in [4.69, 9.17) is 14.4 Å². The molecule has 28 heavy (non-hydrogen) atoms. The number of thioether (sulfide) groups is 1. The highest BCUT2D eigenvalue weighted by Gasteiger charge is 2.18. The minimum atomic E-state index is -0.670. The van der Waals surface area contributed by atoms with Crippen molar-refractivity contribution in [3.05, 3.63) is 48.2 Å². The fraction of sp³-hybridized carbons (Fsp3) is 0.350. The van der Waals surface area contributed by atoms with Gasteiger partial charge in [-0.15, -0.1) is 10.2 Å². The summed E-state index contributed by atoms with van der Waals surface area (Å²) in [5.41, 5.74) is 0.570. The molecule has 0 bridgehead atoms. The van der Waals surface area contributed by atoms with Crippen LogP contribution in [-0.4, -0.2) is 38.3 Å². The number of nitrogens with zero attached hydrogens (tertiary/aromatic N) is 4. The van der Waals surface area contributed by atoms with Crippen LogP contribution in [0.25, 0.3) is 11.6 Å². The lowest BCUT2D eigenvalue weighted by Gasteiger charge is -2.14. The van der Waals surface area contributed by atoms with Gasteiger partial charge in [-0.25, -0.2) is 0 Å². The lowest BCUT2D eigenvalue weighted by atomic mass is 10.2. The summed E-state index contributed by atoms with van der Waals surface area (Å²) in [6.45, 7) is 5.16. The maximum absolute atomic E-state index is 10.3. The van der Waals surface area contributed by atoms with Gasteiger partial charge in [0.2, 0.25) is 0 Å². The summed E-state index contributed by atoms with van der Waals surface area (Å²) in [5, 5.41) is 28.3. The smallest absolute Gasteiger partial charge is 0.200 e. The molecule has 1 aromatic carbocycles. The van der Waals surface area contributed by atoms with Crippen molar-refractivity contribution in [1.29, 1.82) is 5.26 Å². The molecule has 8 heteroatoms. The number of benzene rings is 1. The van der Waals surface area contributed by atoms with Crippen LogP contribution in [-0.2, 0) is 6.54 Å². The average Bonchev–Trinajstić information content (AvgIpc) is 3.34. The van der Waals surface area contributed by atoms with Crippen LogP contribution in [0.4, 0.5) is 0 Å². The van der Waals surface area contributed by atoms with E-state index in [0.29, 0.717) is 34.6 Å². The Morgan fingerprint density at radius 1 is 1.25 bits per heavy atom. The number of aromatic nitrogens is 3. The first-order valence-corrected chi connectivity index (χ1v) is 9.96. The number of aliphatic hydroxyl groups excluding tert-OH is 1. The molecule has 1 atom stereocenters. The first-order chi connectivity index (χ1) is 13.6. The van der Waals surface area contributed by atoms with Gasteiger partial charge in [-0.05, 0) is 42.3 Å². The summed E-state index contributed by atoms with van der Waals surface area (Å²) in [6.07, 6.45) is 0.942. The Bertz CT molecular complexity index is 914. The molecule has 146 valence electrons. The molecule has 0 saturated carbocycles. The largest absolute Gasteiger partial charge is 0.491 e. The third kappa shape index (κ3) is 5.15. The normalized spacial score (nSPS) is 12.1. The summed E-state index contributed by atoms with van der Waals surface area (Å²) >= 11 is 1.43. The lowest BCUT2D eigenvalue weighted by Crippen LogP contribution is -2.20. The zero-order valence-corrected chi connectivity index (χ0v) is 16.6. The van der Waals surface area contributed by atoms with E-state index in [0.717, 1.165) is 11.7 Å². The summed E-state index contributed by atoms with van der Waals surface area (Å²) in [7, 11) is 0. The molecule has 1 unspecified atom stereocenters. The van der Waals surface area contributed by atoms with Gasteiger partial charge in [-0.1, -0.05) is 25.6 Å². The average molecular weight is 398 g/mol. The first-order valence-electron chi connectivity index (χ1n) is 8.97. The van der Waals surface area contributed by atoms with Crippen LogP contribution in [0.2, 0.25) is 0 Å². The van der Waals surface area contributed by atoms with Crippen molar-refractivity contribution in [3.8, 4) is 23.4 Å². The molecule has 0 amide bonds. The summed E-state index contributed by atoms with van der Waals surface area (Å²) in [4.78, 5) is 0. The molecule has 0 saturated heterocycles. The SMILES string of the molecule is CC(C)Cn1c(SCC(O)COc2ccc(C#N)cc2)nnc1-c1ccco1. The highest BCUT2D eigenvalue weighted by molar-refractivity contribution is 7.99. The van der Waals surface area contributed by atoms with Crippen molar-refractivity contribution in [2.45, 2.75) is 31.7 Å². The van der Waals surface area contributed by atoms with E-state index in [9.17, 15) is 5.11 Å². The molecule has 0 aliphatic heterocycles. The van der Waals surface area contributed by atoms with Crippen LogP contribution in [0, 0.1) is 17.2 Å². The molecule has 0 spiro atoms. The molecule has 2 aromatic heterocycles. The van der Waals surface area contributed by atoms with E-state index in [2.05, 4.69) is 30.1 Å². The van der Waals surface area contributed by atoms with Crippen molar-refractivity contribution in [3.63, 3.8) is 0 Å². The monoisotopic (exact) mass is 398 g/mol. The molecule has 0 radical (unpaired) electrons. The number of rotatable bonds is 9. The van der Waals surface area contributed by atoms with Crippen molar-refractivity contribution < 1.29 is 14.3 Å². The van der Waals surface area contributed by atoms with Gasteiger partial charge in [-0.2, -0.15) is 5.26 Å². The van der Waals surface area contributed by atoms with Crippen LogP contribution in [0.5, 0.6) is 5.75 Å². The van der Waals surface area contributed by atoms with E-state index >= 15 is 0 Å². The standard InChI is InChI=1S/C20H22N4O3S/c1-14(2)11-24-19(18-4-3-9-26-18)22-23-20(24)28-13-16(25)12-27-17-7-5-15(10-21)6-8-17/h3-9,14,16,25H,11-13H2,1-2H3. The summed E-state index contributed by atoms with van der Waals surface area (Å²) in [5.74, 6) is 2.80. The Balaban J connectivity index is 1.59. The maximum atomic E-state index is 10.3. The van der Waals surface area contributed by atoms with Crippen LogP contribution in [0.15, 0.2) is 52.2 Å². The summed E-state index contributed by atoms with van der Waals surface area (Å²) in [6, 6.07) is 12.5. The van der Waals surface area contributed by atoms with Gasteiger partial charge in [0, 0.05) is 12.3 Å². The molecule has 3 aromatic rings. The van der Waals surface area contributed by atoms with Crippen LogP contribution in [0.3, 0.4) is 0 Å². The number of hydrogen-bond donors (Lipinski definition) is 1. The third-order valence-electron chi connectivity index (χ3n) is 3.84. The van der Waals surface area contributed by atoms with Gasteiger partial charge in [0.1, 0.15) is 12.4 Å². The fourth-order valence-corrected chi connectivity index (χ4v) is 3.40. The van der Waals surface area contributed by atoms with Gasteiger partial charge in [0.25, 0.3) is 0 Å². The van der Waals surface area contributed by atoms with Crippen LogP contribution in [0.1, 0.15) is 19.4 Å². The van der Waals surface area contributed by atoms with Gasteiger partial charge >= 0.3 is 0 Å². The molecule has 0 aliphatic rings. The Morgan fingerprint density at radius 2 is 2.04 bits per heavy atom. The number of nitriles is 1. The van der Waals surface area contributed by atoms with Crippen molar-refractivity contribution in [1.82, 2.24) is 14.8 Å². The molecule has 7 nitrogen and oxygen atoms in total. The number of hydrogen-bond acceptors (Lipinski definition) is 7. The van der Waals surface area contributed by atoms with Crippen LogP contribution < -0.4 is 4.74 Å². The highest BCUT2D eigenvalue weighted by Crippen LogP contribution is 2.26. The quantitative estimate of drug-likeness (QED) is 0.550.